The third-order valence-electron chi connectivity index (χ3n) is 5.61. The first-order chi connectivity index (χ1) is 17.6. The molecule has 0 heterocycles. The number of hydrogen-bond acceptors (Lipinski definition) is 9. The van der Waals surface area contributed by atoms with Gasteiger partial charge in [-0.25, -0.2) is 4.57 Å². The molecule has 0 spiro atoms. The highest BCUT2D eigenvalue weighted by Crippen LogP contribution is 2.43. The molecule has 0 fully saturated rings. The number of esters is 2. The van der Waals surface area contributed by atoms with E-state index in [1.54, 1.807) is 0 Å². The first kappa shape index (κ1) is 35.5. The lowest BCUT2D eigenvalue weighted by Crippen LogP contribution is -2.34. The van der Waals surface area contributed by atoms with Gasteiger partial charge in [-0.3, -0.25) is 23.4 Å². The van der Waals surface area contributed by atoms with Crippen LogP contribution in [0, 0.1) is 0 Å². The number of phosphoric acid groups is 1. The van der Waals surface area contributed by atoms with Gasteiger partial charge in [-0.1, -0.05) is 84.5 Å². The zero-order valence-electron chi connectivity index (χ0n) is 22.6. The van der Waals surface area contributed by atoms with Crippen molar-refractivity contribution < 1.29 is 47.5 Å². The number of ether oxygens (including phenoxy) is 2. The minimum Gasteiger partial charge on any atom is -0.480 e. The number of aliphatic carboxylic acids is 1. The van der Waals surface area contributed by atoms with Crippen LogP contribution in [0.4, 0.5) is 0 Å². The normalized spacial score (nSPS) is 14.5. The Morgan fingerprint density at radius 3 is 1.70 bits per heavy atom. The highest BCUT2D eigenvalue weighted by molar-refractivity contribution is 7.47. The van der Waals surface area contributed by atoms with Crippen molar-refractivity contribution in [3.05, 3.63) is 0 Å². The van der Waals surface area contributed by atoms with Gasteiger partial charge in [-0.15, -0.1) is 0 Å². The topological polar surface area (TPSA) is 172 Å². The van der Waals surface area contributed by atoms with Gasteiger partial charge >= 0.3 is 25.7 Å². The number of carboxylic acids is 1. The number of rotatable bonds is 25. The van der Waals surface area contributed by atoms with E-state index in [9.17, 15) is 23.8 Å². The smallest absolute Gasteiger partial charge is 0.472 e. The summed E-state index contributed by atoms with van der Waals surface area (Å²) >= 11 is 0. The molecule has 0 aromatic carbocycles. The standard InChI is InChI=1S/C25H48NO10P/c1-3-5-7-9-10-11-13-15-17-24(28)36-21(18-33-23(27)16-14-12-8-6-4-2)19-34-37(31,32)35-20-22(26)25(29)30/h21-22H,3-20,26H2,1-2H3,(H,29,30)(H,31,32). The average molecular weight is 554 g/mol. The molecule has 0 saturated carbocycles. The summed E-state index contributed by atoms with van der Waals surface area (Å²) in [4.78, 5) is 44.9. The molecular formula is C25H48NO10P. The molecule has 12 heteroatoms. The van der Waals surface area contributed by atoms with Gasteiger partial charge in [-0.2, -0.15) is 0 Å². The number of phosphoric ester groups is 1. The van der Waals surface area contributed by atoms with Crippen molar-refractivity contribution in [3.63, 3.8) is 0 Å². The van der Waals surface area contributed by atoms with Crippen LogP contribution in [0.25, 0.3) is 0 Å². The Bertz CT molecular complexity index is 676. The fourth-order valence-corrected chi connectivity index (χ4v) is 4.13. The van der Waals surface area contributed by atoms with Crippen molar-refractivity contribution in [1.29, 1.82) is 0 Å². The van der Waals surface area contributed by atoms with Gasteiger partial charge in [0, 0.05) is 12.8 Å². The highest BCUT2D eigenvalue weighted by atomic mass is 31.2. The number of unbranched alkanes of at least 4 members (excludes halogenated alkanes) is 11. The van der Waals surface area contributed by atoms with E-state index in [1.165, 1.54) is 25.7 Å². The zero-order valence-corrected chi connectivity index (χ0v) is 23.5. The molecule has 4 N–H and O–H groups in total. The van der Waals surface area contributed by atoms with Crippen LogP contribution in [0.1, 0.15) is 110 Å². The molecule has 0 amide bonds. The molecule has 0 rings (SSSR count). The second kappa shape index (κ2) is 22.5. The first-order valence-electron chi connectivity index (χ1n) is 13.6. The Balaban J connectivity index is 4.61. The lowest BCUT2D eigenvalue weighted by atomic mass is 10.1. The lowest BCUT2D eigenvalue weighted by Gasteiger charge is -2.20. The maximum absolute atomic E-state index is 12.3. The summed E-state index contributed by atoms with van der Waals surface area (Å²) in [5.41, 5.74) is 5.25. The predicted molar refractivity (Wildman–Crippen MR) is 139 cm³/mol. The van der Waals surface area contributed by atoms with Crippen molar-refractivity contribution >= 4 is 25.7 Å². The third-order valence-corrected chi connectivity index (χ3v) is 6.56. The fourth-order valence-electron chi connectivity index (χ4n) is 3.36. The molecule has 3 atom stereocenters. The second-order valence-corrected chi connectivity index (χ2v) is 10.6. The second-order valence-electron chi connectivity index (χ2n) is 9.19. The van der Waals surface area contributed by atoms with Crippen molar-refractivity contribution in [3.8, 4) is 0 Å². The van der Waals surface area contributed by atoms with Crippen molar-refractivity contribution in [2.45, 2.75) is 122 Å². The quantitative estimate of drug-likeness (QED) is 0.0799. The Morgan fingerprint density at radius 2 is 1.19 bits per heavy atom. The Hall–Kier alpha value is -1.52. The molecule has 0 saturated heterocycles. The van der Waals surface area contributed by atoms with Crippen LogP contribution in [0.3, 0.4) is 0 Å². The molecule has 0 aliphatic rings. The monoisotopic (exact) mass is 553 g/mol. The van der Waals surface area contributed by atoms with E-state index in [2.05, 4.69) is 18.4 Å². The van der Waals surface area contributed by atoms with Gasteiger partial charge in [0.05, 0.1) is 13.2 Å². The van der Waals surface area contributed by atoms with Crippen LogP contribution in [-0.2, 0) is 37.5 Å². The number of carbonyl (C=O) groups excluding carboxylic acids is 2. The van der Waals surface area contributed by atoms with E-state index in [-0.39, 0.29) is 19.4 Å². The summed E-state index contributed by atoms with van der Waals surface area (Å²) in [6.07, 6.45) is 12.6. The fraction of sp³-hybridized carbons (Fsp3) is 0.880. The lowest BCUT2D eigenvalue weighted by molar-refractivity contribution is -0.161. The van der Waals surface area contributed by atoms with E-state index in [0.29, 0.717) is 12.8 Å². The third kappa shape index (κ3) is 22.2. The molecule has 218 valence electrons. The minimum absolute atomic E-state index is 0.164. The number of nitrogens with two attached hydrogens (primary N) is 1. The summed E-state index contributed by atoms with van der Waals surface area (Å²) in [7, 11) is -4.68. The highest BCUT2D eigenvalue weighted by Gasteiger charge is 2.28. The molecule has 0 aliphatic heterocycles. The number of hydrogen-bond donors (Lipinski definition) is 3. The van der Waals surface area contributed by atoms with E-state index in [0.717, 1.165) is 44.9 Å². The predicted octanol–water partition coefficient (Wildman–Crippen LogP) is 4.88. The van der Waals surface area contributed by atoms with Gasteiger partial charge in [0.15, 0.2) is 6.10 Å². The van der Waals surface area contributed by atoms with Gasteiger partial charge < -0.3 is 25.2 Å². The van der Waals surface area contributed by atoms with E-state index < -0.39 is 51.1 Å². The number of carbonyl (C=O) groups is 3. The van der Waals surface area contributed by atoms with Crippen molar-refractivity contribution in [2.75, 3.05) is 19.8 Å². The van der Waals surface area contributed by atoms with E-state index in [4.69, 9.17) is 24.8 Å². The summed E-state index contributed by atoms with van der Waals surface area (Å²) < 4.78 is 32.0. The Morgan fingerprint density at radius 1 is 0.730 bits per heavy atom. The summed E-state index contributed by atoms with van der Waals surface area (Å²) in [5.74, 6) is -2.40. The van der Waals surface area contributed by atoms with Gasteiger partial charge in [0.2, 0.25) is 0 Å². The van der Waals surface area contributed by atoms with Crippen LogP contribution in [0.5, 0.6) is 0 Å². The van der Waals surface area contributed by atoms with Crippen LogP contribution in [0.2, 0.25) is 0 Å². The maximum atomic E-state index is 12.3. The zero-order chi connectivity index (χ0) is 27.9. The SMILES string of the molecule is CCCCCCCCCCC(=O)OC(COC(=O)CCCCCCC)COP(=O)(O)OCC(N)C(=O)O. The largest absolute Gasteiger partial charge is 0.480 e. The summed E-state index contributed by atoms with van der Waals surface area (Å²) in [6, 6.07) is -1.51. The first-order valence-corrected chi connectivity index (χ1v) is 15.1. The Kier molecular flexibility index (Phi) is 21.5. The van der Waals surface area contributed by atoms with Crippen molar-refractivity contribution in [2.24, 2.45) is 5.73 Å². The molecule has 3 unspecified atom stereocenters. The maximum Gasteiger partial charge on any atom is 0.472 e. The van der Waals surface area contributed by atoms with Crippen LogP contribution in [0.15, 0.2) is 0 Å². The van der Waals surface area contributed by atoms with E-state index in [1.807, 2.05) is 0 Å². The van der Waals surface area contributed by atoms with E-state index >= 15 is 0 Å². The summed E-state index contributed by atoms with van der Waals surface area (Å²) in [5, 5.41) is 8.75. The molecular weight excluding hydrogens is 505 g/mol. The molecule has 0 aromatic rings. The van der Waals surface area contributed by atoms with Gasteiger partial charge in [-0.05, 0) is 12.8 Å². The van der Waals surface area contributed by atoms with Crippen LogP contribution < -0.4 is 5.73 Å². The van der Waals surface area contributed by atoms with Gasteiger partial charge in [0.25, 0.3) is 0 Å². The molecule has 0 radical (unpaired) electrons. The average Bonchev–Trinajstić information content (AvgIpc) is 2.85. The number of carboxylic acid groups (broad SMARTS) is 1. The van der Waals surface area contributed by atoms with Gasteiger partial charge in [0.1, 0.15) is 12.6 Å². The minimum atomic E-state index is -4.68. The Labute approximate surface area is 221 Å². The molecule has 37 heavy (non-hydrogen) atoms. The molecule has 0 bridgehead atoms. The van der Waals surface area contributed by atoms with Crippen LogP contribution >= 0.6 is 7.82 Å². The summed E-state index contributed by atoms with van der Waals surface area (Å²) in [6.45, 7) is 2.59. The molecule has 0 aliphatic carbocycles. The van der Waals surface area contributed by atoms with Crippen LogP contribution in [-0.4, -0.2) is 59.9 Å². The van der Waals surface area contributed by atoms with Crippen molar-refractivity contribution in [1.82, 2.24) is 0 Å². The molecule has 0 aromatic heterocycles. The molecule has 11 nitrogen and oxygen atoms in total.